The topological polar surface area (TPSA) is 0 Å². The van der Waals surface area contributed by atoms with Crippen LogP contribution in [0.2, 0.25) is 0 Å². The first-order valence-corrected chi connectivity index (χ1v) is 5.17. The molecule has 0 heteroatoms. The predicted octanol–water partition coefficient (Wildman–Crippen LogP) is 4.14. The lowest BCUT2D eigenvalue weighted by molar-refractivity contribution is 1.25. The fourth-order valence-electron chi connectivity index (χ4n) is 1.15. The fraction of sp³-hybridized carbons (Fsp3) is 0.286. The largest absolute Gasteiger partial charge is 0.0844 e. The summed E-state index contributed by atoms with van der Waals surface area (Å²) in [7, 11) is 0. The van der Waals surface area contributed by atoms with Crippen molar-refractivity contribution in [2.75, 3.05) is 0 Å². The van der Waals surface area contributed by atoms with Crippen LogP contribution < -0.4 is 0 Å². The predicted molar refractivity (Wildman–Crippen MR) is 62.8 cm³/mol. The Hall–Kier alpha value is -1.30. The molecule has 0 unspecified atom stereocenters. The molecule has 0 nitrogen and oxygen atoms in total. The van der Waals surface area contributed by atoms with E-state index in [1.807, 2.05) is 6.08 Å². The summed E-state index contributed by atoms with van der Waals surface area (Å²) in [5.41, 5.74) is 0. The highest BCUT2D eigenvalue weighted by molar-refractivity contribution is 5.05. The van der Waals surface area contributed by atoms with Gasteiger partial charge in [0.05, 0.1) is 0 Å². The number of hydrogen-bond acceptors (Lipinski definition) is 0. The van der Waals surface area contributed by atoms with E-state index in [-0.39, 0.29) is 0 Å². The maximum atomic E-state index is 3.19. The molecule has 0 fully saturated rings. The lowest BCUT2D eigenvalue weighted by atomic mass is 10.2. The van der Waals surface area contributed by atoms with Crippen molar-refractivity contribution in [2.45, 2.75) is 25.7 Å². The molecule has 0 atom stereocenters. The van der Waals surface area contributed by atoms with Crippen molar-refractivity contribution in [1.29, 1.82) is 0 Å². The zero-order valence-corrected chi connectivity index (χ0v) is 8.52. The number of rotatable bonds is 0. The zero-order valence-electron chi connectivity index (χ0n) is 8.52. The normalized spacial score (nSPS) is 29.7. The molecule has 73 valence electrons. The summed E-state index contributed by atoms with van der Waals surface area (Å²) in [5, 5.41) is 0. The summed E-state index contributed by atoms with van der Waals surface area (Å²) in [6.45, 7) is 0. The lowest BCUT2D eigenvalue weighted by Gasteiger charge is -1.86. The molecule has 0 aromatic carbocycles. The van der Waals surface area contributed by atoms with E-state index < -0.39 is 0 Å². The van der Waals surface area contributed by atoms with Gasteiger partial charge in [0, 0.05) is 0 Å². The Kier molecular flexibility index (Phi) is 6.39. The third kappa shape index (κ3) is 6.24. The van der Waals surface area contributed by atoms with Crippen molar-refractivity contribution in [1.82, 2.24) is 0 Å². The monoisotopic (exact) mass is 185 g/mol. The van der Waals surface area contributed by atoms with Crippen molar-refractivity contribution >= 4 is 0 Å². The van der Waals surface area contributed by atoms with Gasteiger partial charge < -0.3 is 0 Å². The van der Waals surface area contributed by atoms with Crippen molar-refractivity contribution in [3.05, 3.63) is 60.8 Å². The Morgan fingerprint density at radius 3 is 1.93 bits per heavy atom. The summed E-state index contributed by atoms with van der Waals surface area (Å²) in [6, 6.07) is 0. The van der Waals surface area contributed by atoms with Crippen LogP contribution >= 0.6 is 0 Å². The van der Waals surface area contributed by atoms with Crippen LogP contribution in [-0.2, 0) is 0 Å². The summed E-state index contributed by atoms with van der Waals surface area (Å²) in [6.07, 6.45) is 26.5. The Labute approximate surface area is 87.0 Å². The smallest absolute Gasteiger partial charge is 0.00945 e. The SMILES string of the molecule is [C]1=C/C=C\C/C=C\C/C=C/C/C=C/C/1. The molecule has 0 saturated heterocycles. The van der Waals surface area contributed by atoms with Crippen molar-refractivity contribution < 1.29 is 0 Å². The van der Waals surface area contributed by atoms with E-state index >= 15 is 0 Å². The van der Waals surface area contributed by atoms with E-state index in [1.165, 1.54) is 0 Å². The molecule has 0 aromatic rings. The van der Waals surface area contributed by atoms with Gasteiger partial charge in [-0.2, -0.15) is 0 Å². The van der Waals surface area contributed by atoms with E-state index in [0.29, 0.717) is 0 Å². The molecule has 0 saturated carbocycles. The van der Waals surface area contributed by atoms with E-state index in [4.69, 9.17) is 0 Å². The molecule has 0 aliphatic heterocycles. The first kappa shape index (κ1) is 10.8. The van der Waals surface area contributed by atoms with Crippen LogP contribution in [0.4, 0.5) is 0 Å². The Balaban J connectivity index is 2.45. The molecule has 1 radical (unpaired) electrons. The van der Waals surface area contributed by atoms with Crippen LogP contribution in [0.15, 0.2) is 54.7 Å². The van der Waals surface area contributed by atoms with Crippen molar-refractivity contribution in [3.8, 4) is 0 Å². The van der Waals surface area contributed by atoms with Gasteiger partial charge in [0.2, 0.25) is 0 Å². The highest BCUT2D eigenvalue weighted by Crippen LogP contribution is 1.96. The average Bonchev–Trinajstić information content (AvgIpc) is 2.22. The third-order valence-corrected chi connectivity index (χ3v) is 1.90. The van der Waals surface area contributed by atoms with Gasteiger partial charge >= 0.3 is 0 Å². The second-order valence-corrected chi connectivity index (χ2v) is 3.12. The molecule has 1 aliphatic carbocycles. The highest BCUT2D eigenvalue weighted by Gasteiger charge is 1.76. The second-order valence-electron chi connectivity index (χ2n) is 3.12. The van der Waals surface area contributed by atoms with Crippen LogP contribution in [-0.4, -0.2) is 0 Å². The fourth-order valence-corrected chi connectivity index (χ4v) is 1.15. The van der Waals surface area contributed by atoms with Gasteiger partial charge in [0.25, 0.3) is 0 Å². The first-order chi connectivity index (χ1) is 7.00. The van der Waals surface area contributed by atoms with Crippen molar-refractivity contribution in [2.24, 2.45) is 0 Å². The minimum absolute atomic E-state index is 0.911. The molecule has 1 rings (SSSR count). The zero-order chi connectivity index (χ0) is 9.90. The molecule has 1 aliphatic rings. The standard InChI is InChI=1S/C14H17/c1-2-4-6-8-10-12-14-13-11-9-7-5-3-1/h1-3,6,8-9,11-12,14H,4,7,10,13H2/b2-1-,5-3?,8-6-,11-9+,14-12+. The first-order valence-electron chi connectivity index (χ1n) is 5.17. The van der Waals surface area contributed by atoms with Gasteiger partial charge in [0.1, 0.15) is 0 Å². The van der Waals surface area contributed by atoms with Gasteiger partial charge in [-0.05, 0) is 31.8 Å². The van der Waals surface area contributed by atoms with Crippen LogP contribution in [0.25, 0.3) is 0 Å². The Morgan fingerprint density at radius 2 is 1.21 bits per heavy atom. The van der Waals surface area contributed by atoms with Gasteiger partial charge in [-0.3, -0.25) is 0 Å². The summed E-state index contributed by atoms with van der Waals surface area (Å²) < 4.78 is 0. The number of allylic oxidation sites excluding steroid dienone is 10. The summed E-state index contributed by atoms with van der Waals surface area (Å²) in [5.74, 6) is 0. The van der Waals surface area contributed by atoms with E-state index in [1.54, 1.807) is 0 Å². The number of hydrogen-bond donors (Lipinski definition) is 0. The van der Waals surface area contributed by atoms with Crippen LogP contribution in [0.1, 0.15) is 25.7 Å². The lowest BCUT2D eigenvalue weighted by Crippen LogP contribution is -1.65. The van der Waals surface area contributed by atoms with E-state index in [9.17, 15) is 0 Å². The second kappa shape index (κ2) is 8.31. The third-order valence-electron chi connectivity index (χ3n) is 1.90. The van der Waals surface area contributed by atoms with E-state index in [2.05, 4.69) is 54.7 Å². The quantitative estimate of drug-likeness (QED) is 0.497. The average molecular weight is 185 g/mol. The molecule has 0 heterocycles. The molecule has 0 amide bonds. The molecular formula is C14H17. The van der Waals surface area contributed by atoms with Crippen LogP contribution in [0.5, 0.6) is 0 Å². The van der Waals surface area contributed by atoms with Crippen LogP contribution in [0, 0.1) is 6.08 Å². The van der Waals surface area contributed by atoms with Crippen LogP contribution in [0.3, 0.4) is 0 Å². The molecule has 0 bridgehead atoms. The van der Waals surface area contributed by atoms with Gasteiger partial charge in [0.15, 0.2) is 0 Å². The van der Waals surface area contributed by atoms with Gasteiger partial charge in [-0.25, -0.2) is 0 Å². The highest BCUT2D eigenvalue weighted by atomic mass is 13.8. The minimum Gasteiger partial charge on any atom is -0.0844 e. The molecule has 14 heavy (non-hydrogen) atoms. The molecule has 0 spiro atoms. The summed E-state index contributed by atoms with van der Waals surface area (Å²) >= 11 is 0. The Bertz CT molecular complexity index is 234. The molecule has 0 N–H and O–H groups in total. The van der Waals surface area contributed by atoms with E-state index in [0.717, 1.165) is 25.7 Å². The van der Waals surface area contributed by atoms with Gasteiger partial charge in [-0.15, -0.1) is 0 Å². The van der Waals surface area contributed by atoms with Crippen molar-refractivity contribution in [3.63, 3.8) is 0 Å². The summed E-state index contributed by atoms with van der Waals surface area (Å²) in [4.78, 5) is 0. The molecular weight excluding hydrogens is 168 g/mol. The maximum absolute atomic E-state index is 3.19. The molecule has 0 aromatic heterocycles. The minimum atomic E-state index is 0.911. The van der Waals surface area contributed by atoms with Gasteiger partial charge in [-0.1, -0.05) is 54.7 Å². The Morgan fingerprint density at radius 1 is 0.643 bits per heavy atom. The maximum Gasteiger partial charge on any atom is -0.00945 e.